The molecular weight excluding hydrogens is 256 g/mol. The summed E-state index contributed by atoms with van der Waals surface area (Å²) in [4.78, 5) is 22.7. The van der Waals surface area contributed by atoms with E-state index in [0.29, 0.717) is 24.8 Å². The molecule has 0 radical (unpaired) electrons. The van der Waals surface area contributed by atoms with Crippen molar-refractivity contribution in [2.75, 3.05) is 13.1 Å². The quantitative estimate of drug-likeness (QED) is 0.633. The van der Waals surface area contributed by atoms with Crippen molar-refractivity contribution in [2.24, 2.45) is 17.8 Å². The van der Waals surface area contributed by atoms with Crippen molar-refractivity contribution < 1.29 is 14.7 Å². The maximum Gasteiger partial charge on any atom is 0.303 e. The summed E-state index contributed by atoms with van der Waals surface area (Å²) in [7, 11) is 0. The maximum absolute atomic E-state index is 12.0. The zero-order chi connectivity index (χ0) is 15.1. The van der Waals surface area contributed by atoms with Crippen LogP contribution >= 0.6 is 0 Å². The van der Waals surface area contributed by atoms with Gasteiger partial charge >= 0.3 is 5.97 Å². The van der Waals surface area contributed by atoms with Crippen LogP contribution in [0.3, 0.4) is 0 Å². The summed E-state index contributed by atoms with van der Waals surface area (Å²) < 4.78 is 0. The first-order chi connectivity index (χ1) is 9.41. The van der Waals surface area contributed by atoms with Gasteiger partial charge in [0.15, 0.2) is 0 Å². The summed E-state index contributed by atoms with van der Waals surface area (Å²) in [6.45, 7) is 7.81. The van der Waals surface area contributed by atoms with Crippen LogP contribution in [0.5, 0.6) is 0 Å². The Bertz CT molecular complexity index is 331. The van der Waals surface area contributed by atoms with Gasteiger partial charge in [0.1, 0.15) is 0 Å². The van der Waals surface area contributed by atoms with Crippen molar-refractivity contribution in [3.05, 3.63) is 0 Å². The highest BCUT2D eigenvalue weighted by molar-refractivity contribution is 5.79. The molecular formula is C15H28N2O3. The first-order valence-electron chi connectivity index (χ1n) is 7.64. The molecule has 3 atom stereocenters. The van der Waals surface area contributed by atoms with Crippen LogP contribution in [0.25, 0.3) is 0 Å². The van der Waals surface area contributed by atoms with E-state index >= 15 is 0 Å². The normalized spacial score (nSPS) is 23.8. The van der Waals surface area contributed by atoms with Gasteiger partial charge in [-0.1, -0.05) is 13.8 Å². The average molecular weight is 284 g/mol. The van der Waals surface area contributed by atoms with Gasteiger partial charge in [-0.25, -0.2) is 0 Å². The van der Waals surface area contributed by atoms with Gasteiger partial charge in [-0.3, -0.25) is 9.59 Å². The van der Waals surface area contributed by atoms with Crippen molar-refractivity contribution in [2.45, 2.75) is 52.5 Å². The van der Waals surface area contributed by atoms with Crippen molar-refractivity contribution in [1.82, 2.24) is 10.6 Å². The van der Waals surface area contributed by atoms with E-state index in [9.17, 15) is 9.59 Å². The molecule has 1 saturated heterocycles. The predicted molar refractivity (Wildman–Crippen MR) is 78.4 cm³/mol. The number of carboxylic acids is 1. The number of hydrogen-bond acceptors (Lipinski definition) is 3. The minimum atomic E-state index is -0.745. The van der Waals surface area contributed by atoms with Gasteiger partial charge in [-0.2, -0.15) is 0 Å². The highest BCUT2D eigenvalue weighted by Crippen LogP contribution is 2.21. The third-order valence-corrected chi connectivity index (χ3v) is 4.35. The van der Waals surface area contributed by atoms with Crippen LogP contribution in [0.15, 0.2) is 0 Å². The van der Waals surface area contributed by atoms with Gasteiger partial charge in [-0.05, 0) is 44.6 Å². The molecule has 0 saturated carbocycles. The maximum atomic E-state index is 12.0. The molecule has 5 nitrogen and oxygen atoms in total. The molecule has 0 aromatic carbocycles. The fraction of sp³-hybridized carbons (Fsp3) is 0.867. The van der Waals surface area contributed by atoms with E-state index in [2.05, 4.69) is 24.5 Å². The Hall–Kier alpha value is -1.10. The highest BCUT2D eigenvalue weighted by atomic mass is 16.4. The summed E-state index contributed by atoms with van der Waals surface area (Å²) in [5.41, 5.74) is 0. The van der Waals surface area contributed by atoms with E-state index in [1.54, 1.807) is 0 Å². The van der Waals surface area contributed by atoms with E-state index in [-0.39, 0.29) is 24.3 Å². The van der Waals surface area contributed by atoms with Crippen molar-refractivity contribution >= 4 is 11.9 Å². The first-order valence-corrected chi connectivity index (χ1v) is 7.64. The topological polar surface area (TPSA) is 78.4 Å². The molecule has 1 heterocycles. The van der Waals surface area contributed by atoms with Gasteiger partial charge in [0.05, 0.1) is 5.92 Å². The Morgan fingerprint density at radius 1 is 1.35 bits per heavy atom. The minimum absolute atomic E-state index is 0.0755. The molecule has 3 unspecified atom stereocenters. The monoisotopic (exact) mass is 284 g/mol. The standard InChI is InChI=1S/C15H28N2O3/c1-10(2)12(4-5-14(18)19)6-8-17-15(20)13-7-9-16-11(13)3/h10-13,16H,4-9H2,1-3H3,(H,17,20)(H,18,19). The number of amides is 1. The fourth-order valence-electron chi connectivity index (χ4n) is 2.85. The third-order valence-electron chi connectivity index (χ3n) is 4.35. The van der Waals surface area contributed by atoms with Crippen LogP contribution in [-0.2, 0) is 9.59 Å². The second-order valence-corrected chi connectivity index (χ2v) is 6.15. The molecule has 1 rings (SSSR count). The van der Waals surface area contributed by atoms with Crippen molar-refractivity contribution in [3.63, 3.8) is 0 Å². The van der Waals surface area contributed by atoms with E-state index in [1.807, 2.05) is 6.92 Å². The second kappa shape index (κ2) is 8.25. The number of carbonyl (C=O) groups excluding carboxylic acids is 1. The van der Waals surface area contributed by atoms with E-state index in [4.69, 9.17) is 5.11 Å². The summed E-state index contributed by atoms with van der Waals surface area (Å²) in [5.74, 6) is 0.254. The van der Waals surface area contributed by atoms with Gasteiger partial charge in [-0.15, -0.1) is 0 Å². The van der Waals surface area contributed by atoms with Crippen LogP contribution in [0, 0.1) is 17.8 Å². The summed E-state index contributed by atoms with van der Waals surface area (Å²) >= 11 is 0. The lowest BCUT2D eigenvalue weighted by Gasteiger charge is -2.21. The first kappa shape index (κ1) is 17.0. The van der Waals surface area contributed by atoms with Crippen LogP contribution in [0.1, 0.15) is 46.5 Å². The molecule has 0 spiro atoms. The minimum Gasteiger partial charge on any atom is -0.481 e. The van der Waals surface area contributed by atoms with Crippen LogP contribution in [0.2, 0.25) is 0 Å². The summed E-state index contributed by atoms with van der Waals surface area (Å²) in [5, 5.41) is 15.0. The van der Waals surface area contributed by atoms with E-state index < -0.39 is 5.97 Å². The Balaban J connectivity index is 2.29. The number of aliphatic carboxylic acids is 1. The average Bonchev–Trinajstić information content (AvgIpc) is 2.78. The Morgan fingerprint density at radius 3 is 2.55 bits per heavy atom. The van der Waals surface area contributed by atoms with Crippen LogP contribution in [-0.4, -0.2) is 36.1 Å². The SMILES string of the molecule is CC(C)C(CCNC(=O)C1CCNC1C)CCC(=O)O. The number of rotatable bonds is 8. The van der Waals surface area contributed by atoms with Gasteiger partial charge < -0.3 is 15.7 Å². The zero-order valence-electron chi connectivity index (χ0n) is 12.8. The smallest absolute Gasteiger partial charge is 0.303 e. The Morgan fingerprint density at radius 2 is 2.05 bits per heavy atom. The molecule has 0 aromatic rings. The van der Waals surface area contributed by atoms with Gasteiger partial charge in [0, 0.05) is 19.0 Å². The molecule has 0 bridgehead atoms. The molecule has 116 valence electrons. The van der Waals surface area contributed by atoms with E-state index in [1.165, 1.54) is 0 Å². The molecule has 1 aliphatic heterocycles. The van der Waals surface area contributed by atoms with Crippen molar-refractivity contribution in [3.8, 4) is 0 Å². The zero-order valence-corrected chi connectivity index (χ0v) is 12.8. The fourth-order valence-corrected chi connectivity index (χ4v) is 2.85. The molecule has 0 aromatic heterocycles. The van der Waals surface area contributed by atoms with Crippen LogP contribution < -0.4 is 10.6 Å². The number of nitrogens with one attached hydrogen (secondary N) is 2. The van der Waals surface area contributed by atoms with Gasteiger partial charge in [0.2, 0.25) is 5.91 Å². The second-order valence-electron chi connectivity index (χ2n) is 6.15. The molecule has 3 N–H and O–H groups in total. The highest BCUT2D eigenvalue weighted by Gasteiger charge is 2.29. The lowest BCUT2D eigenvalue weighted by molar-refractivity contribution is -0.137. The van der Waals surface area contributed by atoms with Crippen molar-refractivity contribution in [1.29, 1.82) is 0 Å². The third kappa shape index (κ3) is 5.49. The molecule has 0 aliphatic carbocycles. The molecule has 1 fully saturated rings. The molecule has 1 amide bonds. The summed E-state index contributed by atoms with van der Waals surface area (Å²) in [6.07, 6.45) is 2.65. The van der Waals surface area contributed by atoms with Gasteiger partial charge in [0.25, 0.3) is 0 Å². The Labute approximate surface area is 121 Å². The summed E-state index contributed by atoms with van der Waals surface area (Å²) in [6, 6.07) is 0.253. The number of carboxylic acid groups (broad SMARTS) is 1. The predicted octanol–water partition coefficient (Wildman–Crippen LogP) is 1.63. The molecule has 1 aliphatic rings. The lowest BCUT2D eigenvalue weighted by Crippen LogP contribution is -2.37. The molecule has 5 heteroatoms. The largest absolute Gasteiger partial charge is 0.481 e. The number of hydrogen-bond donors (Lipinski definition) is 3. The Kier molecular flexibility index (Phi) is 6.99. The van der Waals surface area contributed by atoms with Crippen LogP contribution in [0.4, 0.5) is 0 Å². The number of carbonyl (C=O) groups is 2. The molecule has 20 heavy (non-hydrogen) atoms. The van der Waals surface area contributed by atoms with E-state index in [0.717, 1.165) is 19.4 Å². The lowest BCUT2D eigenvalue weighted by atomic mass is 9.88.